The van der Waals surface area contributed by atoms with Gasteiger partial charge in [0.25, 0.3) is 0 Å². The number of carbonyl (C=O) groups excluding carboxylic acids is 2. The van der Waals surface area contributed by atoms with Crippen LogP contribution in [0.3, 0.4) is 0 Å². The lowest BCUT2D eigenvalue weighted by atomic mass is 10.1. The van der Waals surface area contributed by atoms with Crippen LogP contribution in [0.1, 0.15) is 16.0 Å². The van der Waals surface area contributed by atoms with Crippen LogP contribution in [0.25, 0.3) is 0 Å². The SMILES string of the molecule is C=CCN(CC(=O)N(Cc1ccccc1)Cc1cccs1)C(=O)Cc1ccc(F)cc1. The van der Waals surface area contributed by atoms with Gasteiger partial charge >= 0.3 is 0 Å². The molecule has 0 radical (unpaired) electrons. The van der Waals surface area contributed by atoms with E-state index in [1.54, 1.807) is 34.4 Å². The second kappa shape index (κ2) is 11.2. The normalized spacial score (nSPS) is 10.5. The molecule has 0 bridgehead atoms. The van der Waals surface area contributed by atoms with Crippen LogP contribution >= 0.6 is 11.3 Å². The number of nitrogens with zero attached hydrogens (tertiary/aromatic N) is 2. The molecule has 0 saturated heterocycles. The Balaban J connectivity index is 1.71. The molecule has 3 rings (SSSR count). The largest absolute Gasteiger partial charge is 0.332 e. The van der Waals surface area contributed by atoms with E-state index < -0.39 is 0 Å². The Labute approximate surface area is 186 Å². The van der Waals surface area contributed by atoms with Crippen LogP contribution in [0.5, 0.6) is 0 Å². The zero-order chi connectivity index (χ0) is 22.1. The standard InChI is InChI=1S/C25H25FN2O2S/c1-2-14-27(24(29)16-20-10-12-22(26)13-11-20)19-25(30)28(18-23-9-6-15-31-23)17-21-7-4-3-5-8-21/h2-13,15H,1,14,16-19H2. The minimum absolute atomic E-state index is 0.0374. The monoisotopic (exact) mass is 436 g/mol. The highest BCUT2D eigenvalue weighted by molar-refractivity contribution is 7.09. The first-order valence-electron chi connectivity index (χ1n) is 10.0. The first-order chi connectivity index (χ1) is 15.0. The minimum atomic E-state index is -0.348. The van der Waals surface area contributed by atoms with Gasteiger partial charge in [0.2, 0.25) is 11.8 Å². The Kier molecular flexibility index (Phi) is 8.12. The van der Waals surface area contributed by atoms with Crippen molar-refractivity contribution in [3.05, 3.63) is 107 Å². The Hall–Kier alpha value is -3.25. The van der Waals surface area contributed by atoms with Gasteiger partial charge in [0.1, 0.15) is 12.4 Å². The third-order valence-electron chi connectivity index (χ3n) is 4.79. The molecule has 0 N–H and O–H groups in total. The number of hydrogen-bond acceptors (Lipinski definition) is 3. The summed E-state index contributed by atoms with van der Waals surface area (Å²) in [4.78, 5) is 30.4. The fourth-order valence-corrected chi connectivity index (χ4v) is 3.91. The van der Waals surface area contributed by atoms with Crippen LogP contribution in [0.15, 0.2) is 84.8 Å². The van der Waals surface area contributed by atoms with Crippen molar-refractivity contribution >= 4 is 23.2 Å². The molecule has 3 aromatic rings. The molecule has 6 heteroatoms. The third-order valence-corrected chi connectivity index (χ3v) is 5.65. The topological polar surface area (TPSA) is 40.6 Å². The minimum Gasteiger partial charge on any atom is -0.332 e. The van der Waals surface area contributed by atoms with Crippen LogP contribution in [-0.4, -0.2) is 34.7 Å². The number of rotatable bonds is 10. The lowest BCUT2D eigenvalue weighted by Crippen LogP contribution is -2.43. The Morgan fingerprint density at radius 3 is 2.26 bits per heavy atom. The fraction of sp³-hybridized carbons (Fsp3) is 0.200. The van der Waals surface area contributed by atoms with E-state index in [0.717, 1.165) is 10.4 Å². The Bertz CT molecular complexity index is 988. The number of halogens is 1. The molecule has 0 atom stereocenters. The molecule has 0 saturated carbocycles. The van der Waals surface area contributed by atoms with E-state index in [9.17, 15) is 14.0 Å². The number of amides is 2. The average molecular weight is 437 g/mol. The van der Waals surface area contributed by atoms with E-state index in [0.29, 0.717) is 18.7 Å². The second-order valence-corrected chi connectivity index (χ2v) is 8.21. The van der Waals surface area contributed by atoms with Crippen molar-refractivity contribution in [3.8, 4) is 0 Å². The van der Waals surface area contributed by atoms with Gasteiger partial charge in [-0.15, -0.1) is 17.9 Å². The van der Waals surface area contributed by atoms with Gasteiger partial charge in [-0.1, -0.05) is 54.6 Å². The van der Waals surface area contributed by atoms with Crippen LogP contribution in [-0.2, 0) is 29.1 Å². The molecule has 0 spiro atoms. The highest BCUT2D eigenvalue weighted by Gasteiger charge is 2.21. The molecule has 0 fully saturated rings. The van der Waals surface area contributed by atoms with Crippen LogP contribution in [0.2, 0.25) is 0 Å². The predicted octanol–water partition coefficient (Wildman–Crippen LogP) is 4.67. The summed E-state index contributed by atoms with van der Waals surface area (Å²) in [7, 11) is 0. The molecule has 0 unspecified atom stereocenters. The summed E-state index contributed by atoms with van der Waals surface area (Å²) in [6.07, 6.45) is 1.71. The maximum Gasteiger partial charge on any atom is 0.242 e. The van der Waals surface area contributed by atoms with Gasteiger partial charge in [0.05, 0.1) is 13.0 Å². The molecule has 1 heterocycles. The first-order valence-corrected chi connectivity index (χ1v) is 10.9. The van der Waals surface area contributed by atoms with Gasteiger partial charge in [-0.25, -0.2) is 4.39 Å². The van der Waals surface area contributed by atoms with Gasteiger partial charge in [0.15, 0.2) is 0 Å². The van der Waals surface area contributed by atoms with E-state index in [1.807, 2.05) is 47.8 Å². The number of hydrogen-bond donors (Lipinski definition) is 0. The van der Waals surface area contributed by atoms with Crippen molar-refractivity contribution in [3.63, 3.8) is 0 Å². The summed E-state index contributed by atoms with van der Waals surface area (Å²) in [6.45, 7) is 4.90. The molecule has 31 heavy (non-hydrogen) atoms. The molecule has 2 aromatic carbocycles. The van der Waals surface area contributed by atoms with E-state index in [2.05, 4.69) is 6.58 Å². The molecule has 1 aromatic heterocycles. The zero-order valence-corrected chi connectivity index (χ0v) is 18.1. The second-order valence-electron chi connectivity index (χ2n) is 7.18. The zero-order valence-electron chi connectivity index (χ0n) is 17.2. The van der Waals surface area contributed by atoms with Gasteiger partial charge in [-0.05, 0) is 34.7 Å². The molecule has 0 aliphatic heterocycles. The first kappa shape index (κ1) is 22.4. The van der Waals surface area contributed by atoms with E-state index in [-0.39, 0.29) is 37.1 Å². The van der Waals surface area contributed by atoms with Crippen LogP contribution < -0.4 is 0 Å². The summed E-state index contributed by atoms with van der Waals surface area (Å²) in [6, 6.07) is 19.6. The van der Waals surface area contributed by atoms with Crippen molar-refractivity contribution in [2.75, 3.05) is 13.1 Å². The lowest BCUT2D eigenvalue weighted by Gasteiger charge is -2.27. The van der Waals surface area contributed by atoms with Gasteiger partial charge < -0.3 is 9.80 Å². The fourth-order valence-electron chi connectivity index (χ4n) is 3.19. The molecule has 160 valence electrons. The average Bonchev–Trinajstić information content (AvgIpc) is 3.28. The van der Waals surface area contributed by atoms with Gasteiger partial charge in [-0.2, -0.15) is 0 Å². The van der Waals surface area contributed by atoms with Crippen molar-refractivity contribution in [2.45, 2.75) is 19.5 Å². The van der Waals surface area contributed by atoms with E-state index in [4.69, 9.17) is 0 Å². The van der Waals surface area contributed by atoms with Crippen molar-refractivity contribution in [1.82, 2.24) is 9.80 Å². The van der Waals surface area contributed by atoms with Crippen molar-refractivity contribution in [1.29, 1.82) is 0 Å². The number of carbonyl (C=O) groups is 2. The van der Waals surface area contributed by atoms with Crippen LogP contribution in [0, 0.1) is 5.82 Å². The Morgan fingerprint density at radius 2 is 1.61 bits per heavy atom. The summed E-state index contributed by atoms with van der Waals surface area (Å²) in [5, 5.41) is 1.98. The highest BCUT2D eigenvalue weighted by Crippen LogP contribution is 2.15. The van der Waals surface area contributed by atoms with E-state index >= 15 is 0 Å². The summed E-state index contributed by atoms with van der Waals surface area (Å²) in [5.41, 5.74) is 1.73. The van der Waals surface area contributed by atoms with Crippen molar-refractivity contribution < 1.29 is 14.0 Å². The maximum atomic E-state index is 13.2. The molecule has 0 aliphatic carbocycles. The third kappa shape index (κ3) is 6.89. The smallest absolute Gasteiger partial charge is 0.242 e. The lowest BCUT2D eigenvalue weighted by molar-refractivity contribution is -0.140. The highest BCUT2D eigenvalue weighted by atomic mass is 32.1. The molecule has 4 nitrogen and oxygen atoms in total. The van der Waals surface area contributed by atoms with Gasteiger partial charge in [0, 0.05) is 18.0 Å². The van der Waals surface area contributed by atoms with Gasteiger partial charge in [-0.3, -0.25) is 9.59 Å². The molecule has 2 amide bonds. The summed E-state index contributed by atoms with van der Waals surface area (Å²) >= 11 is 1.60. The van der Waals surface area contributed by atoms with Crippen LogP contribution in [0.4, 0.5) is 4.39 Å². The number of benzene rings is 2. The predicted molar refractivity (Wildman–Crippen MR) is 122 cm³/mol. The summed E-state index contributed by atoms with van der Waals surface area (Å²) < 4.78 is 13.1. The quantitative estimate of drug-likeness (QED) is 0.433. The summed E-state index contributed by atoms with van der Waals surface area (Å²) in [5.74, 6) is -0.679. The molecule has 0 aliphatic rings. The molecular formula is C25H25FN2O2S. The maximum absolute atomic E-state index is 13.2. The number of thiophene rings is 1. The van der Waals surface area contributed by atoms with E-state index in [1.165, 1.54) is 17.0 Å². The molecular weight excluding hydrogens is 411 g/mol. The van der Waals surface area contributed by atoms with Crippen molar-refractivity contribution in [2.24, 2.45) is 0 Å². The Morgan fingerprint density at radius 1 is 0.871 bits per heavy atom.